The van der Waals surface area contributed by atoms with Crippen molar-refractivity contribution < 1.29 is 4.79 Å². The van der Waals surface area contributed by atoms with Gasteiger partial charge in [0.15, 0.2) is 5.13 Å². The Morgan fingerprint density at radius 1 is 1.42 bits per heavy atom. The summed E-state index contributed by atoms with van der Waals surface area (Å²) in [7, 11) is 0. The van der Waals surface area contributed by atoms with Gasteiger partial charge in [0.25, 0.3) is 0 Å². The second-order valence-electron chi connectivity index (χ2n) is 5.80. The number of piperidine rings is 1. The molecule has 6 heteroatoms. The van der Waals surface area contributed by atoms with Crippen LogP contribution in [0.1, 0.15) is 39.3 Å². The third kappa shape index (κ3) is 4.44. The quantitative estimate of drug-likeness (QED) is 0.883. The molecule has 0 saturated carbocycles. The number of carbonyl (C=O) groups is 1. The number of hydrogen-bond donors (Lipinski definition) is 2. The van der Waals surface area contributed by atoms with Crippen molar-refractivity contribution >= 4 is 34.8 Å². The van der Waals surface area contributed by atoms with Gasteiger partial charge in [-0.05, 0) is 25.9 Å². The summed E-state index contributed by atoms with van der Waals surface area (Å²) < 4.78 is 0. The first kappa shape index (κ1) is 16.4. The molecule has 1 saturated heterocycles. The monoisotopic (exact) mass is 303 g/mol. The molecule has 0 bridgehead atoms. The van der Waals surface area contributed by atoms with Gasteiger partial charge in [-0.25, -0.2) is 4.98 Å². The van der Waals surface area contributed by atoms with E-state index in [2.05, 4.69) is 36.4 Å². The lowest BCUT2D eigenvalue weighted by molar-refractivity contribution is -0.120. The Balaban J connectivity index is 0.00000180. The lowest BCUT2D eigenvalue weighted by Gasteiger charge is -2.21. The van der Waals surface area contributed by atoms with Crippen molar-refractivity contribution in [3.05, 3.63) is 11.1 Å². The van der Waals surface area contributed by atoms with E-state index in [1.807, 2.05) is 5.38 Å². The molecule has 1 fully saturated rings. The lowest BCUT2D eigenvalue weighted by Crippen LogP contribution is -2.34. The molecule has 0 radical (unpaired) electrons. The van der Waals surface area contributed by atoms with Crippen LogP contribution in [0.25, 0.3) is 0 Å². The second-order valence-corrected chi connectivity index (χ2v) is 6.66. The van der Waals surface area contributed by atoms with E-state index in [1.54, 1.807) is 0 Å². The minimum Gasteiger partial charge on any atom is -0.317 e. The molecule has 108 valence electrons. The van der Waals surface area contributed by atoms with Crippen molar-refractivity contribution in [1.29, 1.82) is 0 Å². The number of amides is 1. The highest BCUT2D eigenvalue weighted by atomic mass is 35.5. The smallest absolute Gasteiger partial charge is 0.229 e. The second kappa shape index (κ2) is 6.68. The van der Waals surface area contributed by atoms with Gasteiger partial charge in [-0.3, -0.25) is 4.79 Å². The van der Waals surface area contributed by atoms with E-state index >= 15 is 0 Å². The van der Waals surface area contributed by atoms with Crippen LogP contribution in [0.2, 0.25) is 0 Å². The maximum absolute atomic E-state index is 12.1. The van der Waals surface area contributed by atoms with Crippen LogP contribution in [0.15, 0.2) is 5.38 Å². The van der Waals surface area contributed by atoms with Crippen LogP contribution in [0, 0.1) is 5.92 Å². The third-order valence-electron chi connectivity index (χ3n) is 3.21. The SMILES string of the molecule is CC(C)(C)c1csc(NC(=O)C2CCNCC2)n1.Cl. The fraction of sp³-hybridized carbons (Fsp3) is 0.692. The van der Waals surface area contributed by atoms with E-state index in [4.69, 9.17) is 0 Å². The zero-order chi connectivity index (χ0) is 13.2. The molecule has 1 aliphatic heterocycles. The molecule has 0 atom stereocenters. The highest BCUT2D eigenvalue weighted by Gasteiger charge is 2.23. The number of anilines is 1. The predicted molar refractivity (Wildman–Crippen MR) is 82.3 cm³/mol. The highest BCUT2D eigenvalue weighted by Crippen LogP contribution is 2.27. The zero-order valence-electron chi connectivity index (χ0n) is 11.7. The van der Waals surface area contributed by atoms with E-state index in [-0.39, 0.29) is 29.6 Å². The topological polar surface area (TPSA) is 54.0 Å². The fourth-order valence-corrected chi connectivity index (χ4v) is 2.91. The molecule has 0 aliphatic carbocycles. The first-order chi connectivity index (χ1) is 8.47. The standard InChI is InChI=1S/C13H21N3OS.ClH/c1-13(2,3)10-8-18-12(15-10)16-11(17)9-4-6-14-7-5-9;/h8-9,14H,4-7H2,1-3H3,(H,15,16,17);1H. The van der Waals surface area contributed by atoms with Gasteiger partial charge in [-0.1, -0.05) is 20.8 Å². The minimum atomic E-state index is 0. The molecule has 2 heterocycles. The van der Waals surface area contributed by atoms with E-state index < -0.39 is 0 Å². The maximum Gasteiger partial charge on any atom is 0.229 e. The first-order valence-electron chi connectivity index (χ1n) is 6.44. The summed E-state index contributed by atoms with van der Waals surface area (Å²) in [6.07, 6.45) is 1.84. The number of thiazole rings is 1. The summed E-state index contributed by atoms with van der Waals surface area (Å²) in [6.45, 7) is 8.24. The van der Waals surface area contributed by atoms with E-state index in [0.29, 0.717) is 0 Å². The molecular formula is C13H22ClN3OS. The van der Waals surface area contributed by atoms with Gasteiger partial charge in [0.1, 0.15) is 0 Å². The van der Waals surface area contributed by atoms with Crippen molar-refractivity contribution in [2.24, 2.45) is 5.92 Å². The summed E-state index contributed by atoms with van der Waals surface area (Å²) in [5.41, 5.74) is 1.07. The van der Waals surface area contributed by atoms with Gasteiger partial charge in [-0.2, -0.15) is 0 Å². The van der Waals surface area contributed by atoms with Crippen LogP contribution < -0.4 is 10.6 Å². The van der Waals surface area contributed by atoms with Crippen LogP contribution in [-0.2, 0) is 10.2 Å². The Bertz CT molecular complexity index is 422. The Kier molecular flexibility index (Phi) is 5.77. The van der Waals surface area contributed by atoms with Crippen LogP contribution >= 0.6 is 23.7 Å². The first-order valence-corrected chi connectivity index (χ1v) is 7.32. The summed E-state index contributed by atoms with van der Waals surface area (Å²) in [5, 5.41) is 8.96. The number of hydrogen-bond acceptors (Lipinski definition) is 4. The number of nitrogens with zero attached hydrogens (tertiary/aromatic N) is 1. The molecule has 1 aliphatic rings. The van der Waals surface area contributed by atoms with Crippen molar-refractivity contribution in [1.82, 2.24) is 10.3 Å². The normalized spacial score (nSPS) is 16.8. The molecule has 0 spiro atoms. The van der Waals surface area contributed by atoms with Crippen LogP contribution in [0.3, 0.4) is 0 Å². The molecule has 2 rings (SSSR count). The molecule has 4 nitrogen and oxygen atoms in total. The van der Waals surface area contributed by atoms with Gasteiger partial charge in [0.05, 0.1) is 5.69 Å². The number of rotatable bonds is 2. The van der Waals surface area contributed by atoms with Gasteiger partial charge >= 0.3 is 0 Å². The number of aromatic nitrogens is 1. The van der Waals surface area contributed by atoms with Gasteiger partial charge in [0, 0.05) is 16.7 Å². The highest BCUT2D eigenvalue weighted by molar-refractivity contribution is 7.13. The van der Waals surface area contributed by atoms with Crippen LogP contribution in [0.4, 0.5) is 5.13 Å². The molecule has 1 aromatic rings. The predicted octanol–water partition coefficient (Wildman–Crippen LogP) is 2.80. The van der Waals surface area contributed by atoms with Crippen molar-refractivity contribution in [2.75, 3.05) is 18.4 Å². The van der Waals surface area contributed by atoms with Crippen molar-refractivity contribution in [2.45, 2.75) is 39.0 Å². The molecule has 19 heavy (non-hydrogen) atoms. The maximum atomic E-state index is 12.1. The fourth-order valence-electron chi connectivity index (χ4n) is 1.97. The lowest BCUT2D eigenvalue weighted by atomic mass is 9.93. The molecule has 0 aromatic carbocycles. The average Bonchev–Trinajstić information content (AvgIpc) is 2.78. The Hall–Kier alpha value is -0.650. The van der Waals surface area contributed by atoms with Gasteiger partial charge in [0.2, 0.25) is 5.91 Å². The van der Waals surface area contributed by atoms with Gasteiger partial charge < -0.3 is 10.6 Å². The Morgan fingerprint density at radius 2 is 2.05 bits per heavy atom. The number of nitrogens with one attached hydrogen (secondary N) is 2. The zero-order valence-corrected chi connectivity index (χ0v) is 13.3. The van der Waals surface area contributed by atoms with Crippen molar-refractivity contribution in [3.63, 3.8) is 0 Å². The van der Waals surface area contributed by atoms with Crippen LogP contribution in [-0.4, -0.2) is 24.0 Å². The third-order valence-corrected chi connectivity index (χ3v) is 3.97. The molecular weight excluding hydrogens is 282 g/mol. The van der Waals surface area contributed by atoms with E-state index in [0.717, 1.165) is 36.8 Å². The van der Waals surface area contributed by atoms with E-state index in [9.17, 15) is 4.79 Å². The Morgan fingerprint density at radius 3 is 2.58 bits per heavy atom. The summed E-state index contributed by atoms with van der Waals surface area (Å²) >= 11 is 1.51. The average molecular weight is 304 g/mol. The van der Waals surface area contributed by atoms with Crippen molar-refractivity contribution in [3.8, 4) is 0 Å². The van der Waals surface area contributed by atoms with Gasteiger partial charge in [-0.15, -0.1) is 23.7 Å². The molecule has 0 unspecified atom stereocenters. The molecule has 2 N–H and O–H groups in total. The molecule has 1 amide bonds. The largest absolute Gasteiger partial charge is 0.317 e. The summed E-state index contributed by atoms with van der Waals surface area (Å²) in [4.78, 5) is 16.5. The molecule has 1 aromatic heterocycles. The number of halogens is 1. The summed E-state index contributed by atoms with van der Waals surface area (Å²) in [6, 6.07) is 0. The number of carbonyl (C=O) groups excluding carboxylic acids is 1. The Labute approximate surface area is 124 Å². The minimum absolute atomic E-state index is 0. The van der Waals surface area contributed by atoms with Crippen LogP contribution in [0.5, 0.6) is 0 Å². The van der Waals surface area contributed by atoms with E-state index in [1.165, 1.54) is 11.3 Å². The summed E-state index contributed by atoms with van der Waals surface area (Å²) in [5.74, 6) is 0.250.